The Morgan fingerprint density at radius 3 is 2.30 bits per heavy atom. The minimum atomic E-state index is -0.447. The Morgan fingerprint density at radius 1 is 1.20 bits per heavy atom. The SMILES string of the molecule is CC(C(=O)c1ccc(Cl)cc1Cl)N(C)CC(=O)N(C)C. The Morgan fingerprint density at radius 2 is 1.80 bits per heavy atom. The molecule has 1 rings (SSSR count). The fraction of sp³-hybridized carbons (Fsp3) is 0.429. The molecular formula is C14H18Cl2N2O2. The molecule has 0 saturated heterocycles. The zero-order valence-electron chi connectivity index (χ0n) is 12.0. The summed E-state index contributed by atoms with van der Waals surface area (Å²) in [5.41, 5.74) is 0.410. The Balaban J connectivity index is 2.83. The number of halogens is 2. The molecule has 0 saturated carbocycles. The van der Waals surface area contributed by atoms with E-state index in [0.717, 1.165) is 0 Å². The summed E-state index contributed by atoms with van der Waals surface area (Å²) >= 11 is 11.8. The van der Waals surface area contributed by atoms with Gasteiger partial charge >= 0.3 is 0 Å². The van der Waals surface area contributed by atoms with Crippen LogP contribution in [0, 0.1) is 0 Å². The quantitative estimate of drug-likeness (QED) is 0.784. The van der Waals surface area contributed by atoms with Crippen molar-refractivity contribution in [1.29, 1.82) is 0 Å². The van der Waals surface area contributed by atoms with Gasteiger partial charge in [-0.15, -0.1) is 0 Å². The number of amides is 1. The highest BCUT2D eigenvalue weighted by Gasteiger charge is 2.23. The number of hydrogen-bond acceptors (Lipinski definition) is 3. The standard InChI is InChI=1S/C14H18Cl2N2O2/c1-9(18(4)8-13(19)17(2)3)14(20)11-6-5-10(15)7-12(11)16/h5-7,9H,8H2,1-4H3. The zero-order chi connectivity index (χ0) is 15.4. The maximum absolute atomic E-state index is 12.4. The van der Waals surface area contributed by atoms with Crippen LogP contribution >= 0.6 is 23.2 Å². The van der Waals surface area contributed by atoms with Gasteiger partial charge in [-0.25, -0.2) is 0 Å². The van der Waals surface area contributed by atoms with Crippen molar-refractivity contribution in [2.45, 2.75) is 13.0 Å². The Labute approximate surface area is 129 Å². The lowest BCUT2D eigenvalue weighted by Gasteiger charge is -2.24. The molecule has 0 aliphatic heterocycles. The summed E-state index contributed by atoms with van der Waals surface area (Å²) in [6.07, 6.45) is 0. The molecule has 20 heavy (non-hydrogen) atoms. The second kappa shape index (κ2) is 7.07. The largest absolute Gasteiger partial charge is 0.348 e. The molecule has 0 aromatic heterocycles. The fourth-order valence-corrected chi connectivity index (χ4v) is 2.11. The third kappa shape index (κ3) is 4.20. The van der Waals surface area contributed by atoms with E-state index in [1.807, 2.05) is 0 Å². The molecule has 0 N–H and O–H groups in total. The molecule has 0 spiro atoms. The van der Waals surface area contributed by atoms with E-state index < -0.39 is 6.04 Å². The summed E-state index contributed by atoms with van der Waals surface area (Å²) in [6, 6.07) is 4.31. The molecule has 1 unspecified atom stereocenters. The molecule has 110 valence electrons. The maximum atomic E-state index is 12.4. The summed E-state index contributed by atoms with van der Waals surface area (Å²) < 4.78 is 0. The molecule has 0 fully saturated rings. The number of carbonyl (C=O) groups excluding carboxylic acids is 2. The Kier molecular flexibility index (Phi) is 5.99. The highest BCUT2D eigenvalue weighted by molar-refractivity contribution is 6.37. The van der Waals surface area contributed by atoms with E-state index in [9.17, 15) is 9.59 Å². The molecular weight excluding hydrogens is 299 g/mol. The van der Waals surface area contributed by atoms with Gasteiger partial charge in [-0.05, 0) is 32.2 Å². The monoisotopic (exact) mass is 316 g/mol. The highest BCUT2D eigenvalue weighted by atomic mass is 35.5. The van der Waals surface area contributed by atoms with Crippen LogP contribution in [0.5, 0.6) is 0 Å². The maximum Gasteiger partial charge on any atom is 0.236 e. The molecule has 1 aromatic carbocycles. The van der Waals surface area contributed by atoms with Crippen molar-refractivity contribution in [3.63, 3.8) is 0 Å². The van der Waals surface area contributed by atoms with Gasteiger partial charge in [-0.3, -0.25) is 14.5 Å². The van der Waals surface area contributed by atoms with Gasteiger partial charge in [-0.2, -0.15) is 0 Å². The fourth-order valence-electron chi connectivity index (χ4n) is 1.61. The first-order chi connectivity index (χ1) is 9.23. The van der Waals surface area contributed by atoms with Crippen LogP contribution in [0.1, 0.15) is 17.3 Å². The van der Waals surface area contributed by atoms with Crippen molar-refractivity contribution in [2.24, 2.45) is 0 Å². The molecule has 1 atom stereocenters. The van der Waals surface area contributed by atoms with E-state index in [1.54, 1.807) is 45.1 Å². The number of Topliss-reactive ketones (excluding diaryl/α,β-unsaturated/α-hetero) is 1. The Hall–Kier alpha value is -1.10. The van der Waals surface area contributed by atoms with Crippen LogP contribution in [0.25, 0.3) is 0 Å². The van der Waals surface area contributed by atoms with Crippen LogP contribution in [-0.2, 0) is 4.79 Å². The van der Waals surface area contributed by atoms with Crippen LogP contribution < -0.4 is 0 Å². The van der Waals surface area contributed by atoms with Crippen molar-refractivity contribution < 1.29 is 9.59 Å². The average molecular weight is 317 g/mol. The third-order valence-electron chi connectivity index (χ3n) is 3.12. The molecule has 0 radical (unpaired) electrons. The van der Waals surface area contributed by atoms with Gasteiger partial charge in [0.25, 0.3) is 0 Å². The Bertz CT molecular complexity index is 518. The first-order valence-electron chi connectivity index (χ1n) is 6.13. The number of nitrogens with zero attached hydrogens (tertiary/aromatic N) is 2. The normalized spacial score (nSPS) is 12.3. The highest BCUT2D eigenvalue weighted by Crippen LogP contribution is 2.23. The molecule has 1 amide bonds. The predicted molar refractivity (Wildman–Crippen MR) is 81.6 cm³/mol. The number of carbonyl (C=O) groups is 2. The molecule has 6 heteroatoms. The van der Waals surface area contributed by atoms with E-state index in [1.165, 1.54) is 11.0 Å². The van der Waals surface area contributed by atoms with Gasteiger partial charge in [0.05, 0.1) is 17.6 Å². The first-order valence-corrected chi connectivity index (χ1v) is 6.89. The van der Waals surface area contributed by atoms with Gasteiger partial charge in [-0.1, -0.05) is 23.2 Å². The van der Waals surface area contributed by atoms with E-state index in [0.29, 0.717) is 15.6 Å². The van der Waals surface area contributed by atoms with Crippen molar-refractivity contribution in [2.75, 3.05) is 27.7 Å². The number of rotatable bonds is 5. The molecule has 0 aliphatic rings. The van der Waals surface area contributed by atoms with Crippen LogP contribution in [0.4, 0.5) is 0 Å². The lowest BCUT2D eigenvalue weighted by Crippen LogP contribution is -2.42. The van der Waals surface area contributed by atoms with Crippen molar-refractivity contribution in [1.82, 2.24) is 9.80 Å². The average Bonchev–Trinajstić information content (AvgIpc) is 2.36. The minimum Gasteiger partial charge on any atom is -0.348 e. The predicted octanol–water partition coefficient (Wildman–Crippen LogP) is 2.58. The first kappa shape index (κ1) is 17.0. The van der Waals surface area contributed by atoms with E-state index >= 15 is 0 Å². The number of ketones is 1. The van der Waals surface area contributed by atoms with Gasteiger partial charge in [0.2, 0.25) is 5.91 Å². The molecule has 4 nitrogen and oxygen atoms in total. The second-order valence-corrected chi connectivity index (χ2v) is 5.71. The van der Waals surface area contributed by atoms with E-state index in [-0.39, 0.29) is 18.2 Å². The number of hydrogen-bond donors (Lipinski definition) is 0. The van der Waals surface area contributed by atoms with Crippen LogP contribution in [-0.4, -0.2) is 55.2 Å². The summed E-state index contributed by atoms with van der Waals surface area (Å²) in [7, 11) is 5.09. The van der Waals surface area contributed by atoms with Gasteiger partial charge < -0.3 is 4.90 Å². The van der Waals surface area contributed by atoms with Crippen molar-refractivity contribution >= 4 is 34.9 Å². The van der Waals surface area contributed by atoms with Crippen molar-refractivity contribution in [3.05, 3.63) is 33.8 Å². The van der Waals surface area contributed by atoms with Gasteiger partial charge in [0, 0.05) is 24.7 Å². The van der Waals surface area contributed by atoms with E-state index in [2.05, 4.69) is 0 Å². The lowest BCUT2D eigenvalue weighted by molar-refractivity contribution is -0.129. The summed E-state index contributed by atoms with van der Waals surface area (Å²) in [4.78, 5) is 27.2. The molecule has 0 heterocycles. The summed E-state index contributed by atoms with van der Waals surface area (Å²) in [6.45, 7) is 1.92. The summed E-state index contributed by atoms with van der Waals surface area (Å²) in [5.74, 6) is -0.199. The smallest absolute Gasteiger partial charge is 0.236 e. The molecule has 0 aliphatic carbocycles. The topological polar surface area (TPSA) is 40.6 Å². The van der Waals surface area contributed by atoms with Crippen LogP contribution in [0.15, 0.2) is 18.2 Å². The third-order valence-corrected chi connectivity index (χ3v) is 3.67. The molecule has 1 aromatic rings. The number of benzene rings is 1. The van der Waals surface area contributed by atoms with Crippen LogP contribution in [0.3, 0.4) is 0 Å². The van der Waals surface area contributed by atoms with Gasteiger partial charge in [0.1, 0.15) is 0 Å². The minimum absolute atomic E-state index is 0.0608. The lowest BCUT2D eigenvalue weighted by atomic mass is 10.0. The second-order valence-electron chi connectivity index (χ2n) is 4.87. The van der Waals surface area contributed by atoms with Crippen LogP contribution in [0.2, 0.25) is 10.0 Å². The summed E-state index contributed by atoms with van der Waals surface area (Å²) in [5, 5.41) is 0.803. The zero-order valence-corrected chi connectivity index (χ0v) is 13.5. The molecule has 0 bridgehead atoms. The van der Waals surface area contributed by atoms with Crippen molar-refractivity contribution in [3.8, 4) is 0 Å². The van der Waals surface area contributed by atoms with E-state index in [4.69, 9.17) is 23.2 Å². The van der Waals surface area contributed by atoms with Gasteiger partial charge in [0.15, 0.2) is 5.78 Å². The number of likely N-dealkylation sites (N-methyl/N-ethyl adjacent to an activating group) is 2.